The number of hydrogen-bond donors (Lipinski definition) is 1. The Morgan fingerprint density at radius 2 is 1.80 bits per heavy atom. The number of fused-ring (bicyclic) bond motifs is 1. The summed E-state index contributed by atoms with van der Waals surface area (Å²) < 4.78 is 1.18. The van der Waals surface area contributed by atoms with Crippen molar-refractivity contribution in [1.82, 2.24) is 9.88 Å². The van der Waals surface area contributed by atoms with E-state index in [1.165, 1.54) is 36.1 Å². The zero-order valence-electron chi connectivity index (χ0n) is 17.8. The van der Waals surface area contributed by atoms with E-state index in [0.717, 1.165) is 29.3 Å². The van der Waals surface area contributed by atoms with Crippen LogP contribution in [-0.4, -0.2) is 42.5 Å². The third-order valence-corrected chi connectivity index (χ3v) is 7.05. The molecule has 1 saturated heterocycles. The molecule has 5 nitrogen and oxygen atoms in total. The molecular weight excluding hydrogens is 392 g/mol. The van der Waals surface area contributed by atoms with Crippen LogP contribution in [0.1, 0.15) is 43.7 Å². The van der Waals surface area contributed by atoms with Crippen molar-refractivity contribution in [3.05, 3.63) is 53.5 Å². The van der Waals surface area contributed by atoms with Gasteiger partial charge in [0.05, 0.1) is 22.8 Å². The molecule has 0 radical (unpaired) electrons. The second kappa shape index (κ2) is 9.58. The van der Waals surface area contributed by atoms with Crippen LogP contribution in [-0.2, 0) is 4.79 Å². The minimum atomic E-state index is -0.00650. The van der Waals surface area contributed by atoms with Crippen molar-refractivity contribution in [2.24, 2.45) is 0 Å². The summed E-state index contributed by atoms with van der Waals surface area (Å²) in [7, 11) is 1.97. The van der Waals surface area contributed by atoms with Crippen molar-refractivity contribution in [1.29, 1.82) is 0 Å². The fourth-order valence-electron chi connectivity index (χ4n) is 3.91. The maximum Gasteiger partial charge on any atom is 0.238 e. The Balaban J connectivity index is 1.33. The van der Waals surface area contributed by atoms with E-state index in [4.69, 9.17) is 4.98 Å². The molecule has 0 bridgehead atoms. The molecule has 1 N–H and O–H groups in total. The van der Waals surface area contributed by atoms with Crippen LogP contribution in [0.25, 0.3) is 10.2 Å². The van der Waals surface area contributed by atoms with E-state index in [-0.39, 0.29) is 11.9 Å². The van der Waals surface area contributed by atoms with Gasteiger partial charge in [0.25, 0.3) is 0 Å². The van der Waals surface area contributed by atoms with Crippen LogP contribution in [0.4, 0.5) is 11.4 Å². The van der Waals surface area contributed by atoms with Crippen LogP contribution >= 0.6 is 11.3 Å². The number of thiazole rings is 1. The fourth-order valence-corrected chi connectivity index (χ4v) is 4.99. The lowest BCUT2D eigenvalue weighted by molar-refractivity contribution is -0.117. The number of rotatable bonds is 6. The van der Waals surface area contributed by atoms with E-state index in [1.54, 1.807) is 11.3 Å². The lowest BCUT2D eigenvalue weighted by atomic mass is 10.2. The van der Waals surface area contributed by atoms with Crippen molar-refractivity contribution in [3.8, 4) is 0 Å². The third kappa shape index (κ3) is 4.99. The maximum atomic E-state index is 12.6. The summed E-state index contributed by atoms with van der Waals surface area (Å²) in [5.74, 6) is -0.00650. The topological polar surface area (TPSA) is 48.5 Å². The van der Waals surface area contributed by atoms with E-state index < -0.39 is 0 Å². The molecule has 0 unspecified atom stereocenters. The Kier molecular flexibility index (Phi) is 6.65. The molecule has 3 aromatic rings. The minimum absolute atomic E-state index is 0.00650. The zero-order valence-corrected chi connectivity index (χ0v) is 18.6. The maximum absolute atomic E-state index is 12.6. The number of anilines is 2. The highest BCUT2D eigenvalue weighted by atomic mass is 32.1. The molecule has 0 aliphatic carbocycles. The molecule has 1 aromatic heterocycles. The summed E-state index contributed by atoms with van der Waals surface area (Å²) in [6.07, 6.45) is 5.18. The Labute approximate surface area is 182 Å². The minimum Gasteiger partial charge on any atom is -0.372 e. The van der Waals surface area contributed by atoms with Gasteiger partial charge in [-0.15, -0.1) is 11.3 Å². The summed E-state index contributed by atoms with van der Waals surface area (Å²) >= 11 is 1.69. The van der Waals surface area contributed by atoms with Gasteiger partial charge in [-0.1, -0.05) is 25.0 Å². The highest BCUT2D eigenvalue weighted by molar-refractivity contribution is 7.18. The third-order valence-electron chi connectivity index (χ3n) is 5.84. The van der Waals surface area contributed by atoms with Crippen molar-refractivity contribution < 1.29 is 4.79 Å². The molecule has 30 heavy (non-hydrogen) atoms. The average Bonchev–Trinajstić information content (AvgIpc) is 3.00. The molecule has 1 aliphatic rings. The summed E-state index contributed by atoms with van der Waals surface area (Å²) in [6.45, 7) is 4.67. The Morgan fingerprint density at radius 3 is 2.50 bits per heavy atom. The zero-order chi connectivity index (χ0) is 20.9. The smallest absolute Gasteiger partial charge is 0.238 e. The summed E-state index contributed by atoms with van der Waals surface area (Å²) in [5.41, 5.74) is 3.11. The first kappa shape index (κ1) is 20.8. The summed E-state index contributed by atoms with van der Waals surface area (Å²) in [4.78, 5) is 21.8. The second-order valence-corrected chi connectivity index (χ2v) is 9.17. The summed E-state index contributed by atoms with van der Waals surface area (Å²) in [6, 6.07) is 16.5. The molecule has 0 saturated carbocycles. The molecule has 0 spiro atoms. The predicted octanol–water partition coefficient (Wildman–Crippen LogP) is 5.31. The molecule has 1 aliphatic heterocycles. The van der Waals surface area contributed by atoms with Gasteiger partial charge in [-0.2, -0.15) is 0 Å². The van der Waals surface area contributed by atoms with E-state index in [2.05, 4.69) is 35.3 Å². The molecule has 1 amide bonds. The SMILES string of the molecule is C[C@H](c1nc2ccccc2s1)N(C)CC(=O)Nc1ccc(N2CCCCCC2)cc1. The van der Waals surface area contributed by atoms with Crippen LogP contribution in [0.5, 0.6) is 0 Å². The van der Waals surface area contributed by atoms with Gasteiger partial charge in [0.2, 0.25) is 5.91 Å². The quantitative estimate of drug-likeness (QED) is 0.585. The molecule has 4 rings (SSSR count). The Bertz CT molecular complexity index is 943. The van der Waals surface area contributed by atoms with Crippen LogP contribution in [0, 0.1) is 0 Å². The van der Waals surface area contributed by atoms with Gasteiger partial charge in [-0.05, 0) is 63.2 Å². The number of para-hydroxylation sites is 1. The van der Waals surface area contributed by atoms with Gasteiger partial charge in [-0.3, -0.25) is 9.69 Å². The molecule has 1 fully saturated rings. The van der Waals surface area contributed by atoms with E-state index in [9.17, 15) is 4.79 Å². The first-order chi connectivity index (χ1) is 14.6. The largest absolute Gasteiger partial charge is 0.372 e. The predicted molar refractivity (Wildman–Crippen MR) is 126 cm³/mol. The monoisotopic (exact) mass is 422 g/mol. The van der Waals surface area contributed by atoms with Gasteiger partial charge in [0.1, 0.15) is 5.01 Å². The molecule has 6 heteroatoms. The number of carbonyl (C=O) groups excluding carboxylic acids is 1. The van der Waals surface area contributed by atoms with Crippen LogP contribution in [0.2, 0.25) is 0 Å². The standard InChI is InChI=1S/C24H30N4OS/c1-18(24-26-21-9-5-6-10-22(21)30-24)27(2)17-23(29)25-19-11-13-20(14-12-19)28-15-7-3-4-8-16-28/h5-6,9-14,18H,3-4,7-8,15-17H2,1-2H3,(H,25,29)/t18-/m1/s1. The van der Waals surface area contributed by atoms with E-state index in [1.807, 2.05) is 42.3 Å². The van der Waals surface area contributed by atoms with E-state index >= 15 is 0 Å². The van der Waals surface area contributed by atoms with Gasteiger partial charge >= 0.3 is 0 Å². The summed E-state index contributed by atoms with van der Waals surface area (Å²) in [5, 5.41) is 4.07. The molecule has 2 heterocycles. The number of carbonyl (C=O) groups is 1. The van der Waals surface area contributed by atoms with Crippen LogP contribution in [0.3, 0.4) is 0 Å². The number of aromatic nitrogens is 1. The number of amides is 1. The van der Waals surface area contributed by atoms with Gasteiger partial charge in [0, 0.05) is 24.5 Å². The van der Waals surface area contributed by atoms with Crippen LogP contribution in [0.15, 0.2) is 48.5 Å². The number of nitrogens with one attached hydrogen (secondary N) is 1. The molecule has 158 valence electrons. The lowest BCUT2D eigenvalue weighted by Crippen LogP contribution is -2.32. The molecular formula is C24H30N4OS. The van der Waals surface area contributed by atoms with Crippen molar-refractivity contribution in [2.75, 3.05) is 36.9 Å². The number of benzene rings is 2. The molecule has 2 aromatic carbocycles. The highest BCUT2D eigenvalue weighted by Crippen LogP contribution is 2.28. The fraction of sp³-hybridized carbons (Fsp3) is 0.417. The van der Waals surface area contributed by atoms with Gasteiger partial charge < -0.3 is 10.2 Å². The average molecular weight is 423 g/mol. The van der Waals surface area contributed by atoms with Gasteiger partial charge in [-0.25, -0.2) is 4.98 Å². The van der Waals surface area contributed by atoms with Crippen LogP contribution < -0.4 is 10.2 Å². The lowest BCUT2D eigenvalue weighted by Gasteiger charge is -2.23. The van der Waals surface area contributed by atoms with E-state index in [0.29, 0.717) is 6.54 Å². The second-order valence-electron chi connectivity index (χ2n) is 8.11. The van der Waals surface area contributed by atoms with Crippen molar-refractivity contribution in [3.63, 3.8) is 0 Å². The van der Waals surface area contributed by atoms with Gasteiger partial charge in [0.15, 0.2) is 0 Å². The van der Waals surface area contributed by atoms with Crippen molar-refractivity contribution >= 4 is 38.8 Å². The number of nitrogens with zero attached hydrogens (tertiary/aromatic N) is 3. The number of likely N-dealkylation sites (N-methyl/N-ethyl adjacent to an activating group) is 1. The highest BCUT2D eigenvalue weighted by Gasteiger charge is 2.18. The first-order valence-electron chi connectivity index (χ1n) is 10.8. The Morgan fingerprint density at radius 1 is 1.10 bits per heavy atom. The first-order valence-corrected chi connectivity index (χ1v) is 11.6. The number of hydrogen-bond acceptors (Lipinski definition) is 5. The normalized spacial score (nSPS) is 15.9. The van der Waals surface area contributed by atoms with Crippen molar-refractivity contribution in [2.45, 2.75) is 38.6 Å². The Hall–Kier alpha value is -2.44. The molecule has 1 atom stereocenters.